The maximum Gasteiger partial charge on any atom is 0.323 e. The van der Waals surface area contributed by atoms with Gasteiger partial charge in [0.25, 0.3) is 5.91 Å². The number of amides is 1. The van der Waals surface area contributed by atoms with Gasteiger partial charge in [0.05, 0.1) is 19.3 Å². The number of aliphatic carboxylic acids is 1. The Hall–Kier alpha value is -4.50. The third-order valence-electron chi connectivity index (χ3n) is 10.2. The highest BCUT2D eigenvalue weighted by atomic mass is 35.5. The molecular formula is C36H37ClFN5O7S. The van der Waals surface area contributed by atoms with Gasteiger partial charge in [-0.25, -0.2) is 17.8 Å². The van der Waals surface area contributed by atoms with Crippen LogP contribution in [0.25, 0.3) is 11.1 Å². The van der Waals surface area contributed by atoms with E-state index in [2.05, 4.69) is 15.6 Å². The van der Waals surface area contributed by atoms with Crippen LogP contribution < -0.4 is 20.1 Å². The van der Waals surface area contributed by atoms with Crippen LogP contribution in [0.1, 0.15) is 69.6 Å². The number of nitrogens with one attached hydrogen (secondary N) is 2. The molecule has 1 fully saturated rings. The second-order valence-corrected chi connectivity index (χ2v) is 14.6. The molecule has 0 bridgehead atoms. The van der Waals surface area contributed by atoms with Gasteiger partial charge in [-0.05, 0) is 66.5 Å². The first-order chi connectivity index (χ1) is 24.4. The molecule has 4 aromatic rings. The summed E-state index contributed by atoms with van der Waals surface area (Å²) in [5, 5.41) is 15.2. The standard InChI is InChI=1S/C36H37ClFN5O7S/c1-19-20(6-5-9-25(19)41-34(44)33-40-26-18-43(51(47)48)15-12-27(26)42(33)2)21-7-4-8-23-22(21)10-11-28(23)50-30-16-29(49-3)24(32(38)31(30)37)17-39-36(13-14-36)35(45)46/h4-9,16,28,39,51H,10-15,17-18H2,1-3H3,(H,41,44)(H,45,46). The third-order valence-corrected chi connectivity index (χ3v) is 11.4. The number of carbonyl (C=O) groups is 2. The number of rotatable bonds is 11. The Morgan fingerprint density at radius 3 is 2.59 bits per heavy atom. The van der Waals surface area contributed by atoms with Gasteiger partial charge in [-0.1, -0.05) is 41.9 Å². The van der Waals surface area contributed by atoms with Gasteiger partial charge in [-0.3, -0.25) is 14.9 Å². The van der Waals surface area contributed by atoms with Crippen molar-refractivity contribution in [1.82, 2.24) is 19.2 Å². The molecule has 268 valence electrons. The molecule has 15 heteroatoms. The van der Waals surface area contributed by atoms with Gasteiger partial charge in [-0.15, -0.1) is 0 Å². The number of thiol groups is 1. The van der Waals surface area contributed by atoms with Crippen LogP contribution in [0.2, 0.25) is 5.02 Å². The average Bonchev–Trinajstić information content (AvgIpc) is 3.70. The molecule has 1 atom stereocenters. The van der Waals surface area contributed by atoms with Crippen molar-refractivity contribution in [3.8, 4) is 22.6 Å². The number of imidazole rings is 1. The minimum absolute atomic E-state index is 0.0651. The topological polar surface area (TPSA) is 152 Å². The van der Waals surface area contributed by atoms with Gasteiger partial charge in [0.2, 0.25) is 10.9 Å². The number of benzene rings is 3. The van der Waals surface area contributed by atoms with Crippen LogP contribution in [-0.4, -0.2) is 58.5 Å². The van der Waals surface area contributed by atoms with Crippen LogP contribution in [0.15, 0.2) is 42.5 Å². The fraction of sp³-hybridized carbons (Fsp3) is 0.361. The van der Waals surface area contributed by atoms with E-state index in [1.54, 1.807) is 17.7 Å². The summed E-state index contributed by atoms with van der Waals surface area (Å²) < 4.78 is 53.5. The minimum Gasteiger partial charge on any atom is -0.496 e. The van der Waals surface area contributed by atoms with Gasteiger partial charge in [-0.2, -0.15) is 4.31 Å². The molecule has 3 N–H and O–H groups in total. The number of ether oxygens (including phenoxy) is 2. The van der Waals surface area contributed by atoms with Crippen LogP contribution in [0.5, 0.6) is 11.5 Å². The highest BCUT2D eigenvalue weighted by Gasteiger charge is 2.50. The molecule has 2 heterocycles. The average molecular weight is 738 g/mol. The van der Waals surface area contributed by atoms with Gasteiger partial charge in [0, 0.05) is 49.6 Å². The van der Waals surface area contributed by atoms with E-state index >= 15 is 4.39 Å². The SMILES string of the molecule is COc1cc(OC2CCc3c(-c4cccc(NC(=O)c5nc6c(n5C)CCN([SH](=O)=O)C6)c4C)cccc32)c(Cl)c(F)c1CNC1(C(=O)O)CC1. The van der Waals surface area contributed by atoms with E-state index in [1.165, 1.54) is 11.4 Å². The smallest absolute Gasteiger partial charge is 0.323 e. The summed E-state index contributed by atoms with van der Waals surface area (Å²) in [5.74, 6) is -1.56. The molecular weight excluding hydrogens is 701 g/mol. The van der Waals surface area contributed by atoms with Crippen LogP contribution in [0, 0.1) is 12.7 Å². The van der Waals surface area contributed by atoms with E-state index < -0.39 is 40.2 Å². The Labute approximate surface area is 300 Å². The first-order valence-corrected chi connectivity index (χ1v) is 18.1. The van der Waals surface area contributed by atoms with E-state index in [1.807, 2.05) is 43.3 Å². The fourth-order valence-electron chi connectivity index (χ4n) is 7.14. The normalized spacial score (nSPS) is 17.6. The number of hydrogen-bond acceptors (Lipinski definition) is 8. The first kappa shape index (κ1) is 34.9. The summed E-state index contributed by atoms with van der Waals surface area (Å²) in [5.41, 5.74) is 5.88. The number of aromatic nitrogens is 2. The summed E-state index contributed by atoms with van der Waals surface area (Å²) in [6.45, 7) is 2.36. The number of nitrogens with zero attached hydrogens (tertiary/aromatic N) is 3. The summed E-state index contributed by atoms with van der Waals surface area (Å²) in [6, 6.07) is 13.2. The highest BCUT2D eigenvalue weighted by molar-refractivity contribution is 7.69. The predicted octanol–water partition coefficient (Wildman–Crippen LogP) is 5.11. The second-order valence-electron chi connectivity index (χ2n) is 13.1. The van der Waals surface area contributed by atoms with E-state index in [-0.39, 0.29) is 41.0 Å². The minimum atomic E-state index is -2.73. The number of carbonyl (C=O) groups excluding carboxylic acids is 1. The van der Waals surface area contributed by atoms with E-state index in [0.29, 0.717) is 50.0 Å². The Balaban J connectivity index is 1.11. The predicted molar refractivity (Wildman–Crippen MR) is 188 cm³/mol. The number of halogens is 2. The number of methoxy groups -OCH3 is 1. The maximum atomic E-state index is 15.6. The van der Waals surface area contributed by atoms with E-state index in [4.69, 9.17) is 21.1 Å². The van der Waals surface area contributed by atoms with Crippen molar-refractivity contribution in [3.05, 3.63) is 92.8 Å². The number of fused-ring (bicyclic) bond motifs is 2. The number of carboxylic acids is 1. The maximum absolute atomic E-state index is 15.6. The zero-order chi connectivity index (χ0) is 36.2. The zero-order valence-corrected chi connectivity index (χ0v) is 29.9. The first-order valence-electron chi connectivity index (χ1n) is 16.6. The van der Waals surface area contributed by atoms with Crippen molar-refractivity contribution in [3.63, 3.8) is 0 Å². The molecule has 51 heavy (non-hydrogen) atoms. The lowest BCUT2D eigenvalue weighted by atomic mass is 9.93. The Morgan fingerprint density at radius 2 is 1.88 bits per heavy atom. The summed E-state index contributed by atoms with van der Waals surface area (Å²) in [7, 11) is 0.446. The van der Waals surface area contributed by atoms with E-state index in [9.17, 15) is 23.1 Å². The second kappa shape index (κ2) is 13.6. The van der Waals surface area contributed by atoms with Crippen molar-refractivity contribution in [2.24, 2.45) is 7.05 Å². The monoisotopic (exact) mass is 737 g/mol. The lowest BCUT2D eigenvalue weighted by Crippen LogP contribution is -2.38. The van der Waals surface area contributed by atoms with Gasteiger partial charge < -0.3 is 24.5 Å². The molecule has 3 aromatic carbocycles. The third kappa shape index (κ3) is 6.34. The van der Waals surface area contributed by atoms with E-state index in [0.717, 1.165) is 33.5 Å². The Kier molecular flexibility index (Phi) is 9.29. The summed E-state index contributed by atoms with van der Waals surface area (Å²) in [4.78, 5) is 29.6. The molecule has 7 rings (SSSR count). The lowest BCUT2D eigenvalue weighted by molar-refractivity contribution is -0.140. The van der Waals surface area contributed by atoms with Crippen LogP contribution in [-0.2, 0) is 48.7 Å². The van der Waals surface area contributed by atoms with Crippen molar-refractivity contribution >= 4 is 40.1 Å². The van der Waals surface area contributed by atoms with Crippen LogP contribution >= 0.6 is 11.6 Å². The number of hydrogen-bond donors (Lipinski definition) is 4. The number of carboxylic acid groups (broad SMARTS) is 1. The molecule has 1 saturated carbocycles. The van der Waals surface area contributed by atoms with Crippen LogP contribution in [0.3, 0.4) is 0 Å². The largest absolute Gasteiger partial charge is 0.496 e. The lowest BCUT2D eigenvalue weighted by Gasteiger charge is -2.21. The molecule has 0 spiro atoms. The quantitative estimate of drug-likeness (QED) is 0.154. The van der Waals surface area contributed by atoms with Gasteiger partial charge in [0.15, 0.2) is 11.6 Å². The van der Waals surface area contributed by atoms with Crippen molar-refractivity contribution in [1.29, 1.82) is 0 Å². The Morgan fingerprint density at radius 1 is 1.14 bits per heavy atom. The molecule has 12 nitrogen and oxygen atoms in total. The van der Waals surface area contributed by atoms with Crippen LogP contribution in [0.4, 0.5) is 10.1 Å². The molecule has 2 aliphatic carbocycles. The molecule has 1 amide bonds. The van der Waals surface area contributed by atoms with Crippen molar-refractivity contribution in [2.45, 2.75) is 63.8 Å². The number of anilines is 1. The molecule has 0 radical (unpaired) electrons. The highest BCUT2D eigenvalue weighted by Crippen LogP contribution is 2.45. The van der Waals surface area contributed by atoms with Crippen molar-refractivity contribution < 1.29 is 37.0 Å². The molecule has 1 unspecified atom stereocenters. The molecule has 3 aliphatic rings. The molecule has 1 aliphatic heterocycles. The van der Waals surface area contributed by atoms with Gasteiger partial charge >= 0.3 is 5.97 Å². The Bertz CT molecular complexity index is 2160. The fourth-order valence-corrected chi connectivity index (χ4v) is 7.87. The van der Waals surface area contributed by atoms with Crippen molar-refractivity contribution in [2.75, 3.05) is 19.0 Å². The summed E-state index contributed by atoms with van der Waals surface area (Å²) >= 11 is 6.50. The zero-order valence-electron chi connectivity index (χ0n) is 28.2. The van der Waals surface area contributed by atoms with Gasteiger partial charge in [0.1, 0.15) is 28.2 Å². The molecule has 0 saturated heterocycles. The summed E-state index contributed by atoms with van der Waals surface area (Å²) in [6.07, 6.45) is 2.29. The molecule has 1 aromatic heterocycles.